The Hall–Kier alpha value is -1.29. The Balaban J connectivity index is 2.10. The SMILES string of the molecule is COCC(COc1ccc2ccc(CCl)cc2c1)OC. The summed E-state index contributed by atoms with van der Waals surface area (Å²) in [7, 11) is 3.30. The molecule has 0 bridgehead atoms. The van der Waals surface area contributed by atoms with Crippen molar-refractivity contribution >= 4 is 22.4 Å². The lowest BCUT2D eigenvalue weighted by Crippen LogP contribution is -2.25. The topological polar surface area (TPSA) is 27.7 Å². The molecule has 1 atom stereocenters. The van der Waals surface area contributed by atoms with Crippen molar-refractivity contribution in [3.63, 3.8) is 0 Å². The molecule has 20 heavy (non-hydrogen) atoms. The first-order valence-corrected chi connectivity index (χ1v) is 7.03. The summed E-state index contributed by atoms with van der Waals surface area (Å²) in [6.07, 6.45) is -0.0649. The Morgan fingerprint density at radius 1 is 1.00 bits per heavy atom. The standard InChI is InChI=1S/C16H19ClO3/c1-18-10-16(19-2)11-20-15-6-5-13-4-3-12(9-17)7-14(13)8-15/h3-8,16H,9-11H2,1-2H3. The zero-order chi connectivity index (χ0) is 14.4. The van der Waals surface area contributed by atoms with Gasteiger partial charge >= 0.3 is 0 Å². The van der Waals surface area contributed by atoms with E-state index in [4.69, 9.17) is 25.8 Å². The molecule has 0 fully saturated rings. The first kappa shape index (κ1) is 15.1. The van der Waals surface area contributed by atoms with E-state index in [0.717, 1.165) is 16.7 Å². The second-order valence-corrected chi connectivity index (χ2v) is 4.87. The summed E-state index contributed by atoms with van der Waals surface area (Å²) in [5.41, 5.74) is 1.10. The van der Waals surface area contributed by atoms with Crippen LogP contribution in [0.2, 0.25) is 0 Å². The molecule has 0 aromatic heterocycles. The van der Waals surface area contributed by atoms with Gasteiger partial charge in [-0.1, -0.05) is 18.2 Å². The maximum absolute atomic E-state index is 5.86. The number of benzene rings is 2. The lowest BCUT2D eigenvalue weighted by molar-refractivity contribution is 0.000904. The average Bonchev–Trinajstić information content (AvgIpc) is 2.50. The molecule has 3 nitrogen and oxygen atoms in total. The predicted molar refractivity (Wildman–Crippen MR) is 81.7 cm³/mol. The van der Waals surface area contributed by atoms with Crippen LogP contribution in [-0.2, 0) is 15.4 Å². The van der Waals surface area contributed by atoms with Crippen LogP contribution in [0.4, 0.5) is 0 Å². The third-order valence-corrected chi connectivity index (χ3v) is 3.46. The number of methoxy groups -OCH3 is 2. The second kappa shape index (κ2) is 7.48. The van der Waals surface area contributed by atoms with Crippen molar-refractivity contribution in [2.45, 2.75) is 12.0 Å². The van der Waals surface area contributed by atoms with Gasteiger partial charge < -0.3 is 14.2 Å². The highest BCUT2D eigenvalue weighted by atomic mass is 35.5. The molecule has 0 heterocycles. The Morgan fingerprint density at radius 3 is 2.50 bits per heavy atom. The molecule has 108 valence electrons. The summed E-state index contributed by atoms with van der Waals surface area (Å²) >= 11 is 5.86. The van der Waals surface area contributed by atoms with Gasteiger partial charge in [-0.2, -0.15) is 0 Å². The minimum atomic E-state index is -0.0649. The number of rotatable bonds is 7. The monoisotopic (exact) mass is 294 g/mol. The second-order valence-electron chi connectivity index (χ2n) is 4.60. The maximum atomic E-state index is 5.86. The largest absolute Gasteiger partial charge is 0.491 e. The van der Waals surface area contributed by atoms with Crippen molar-refractivity contribution in [1.29, 1.82) is 0 Å². The Labute approximate surface area is 124 Å². The van der Waals surface area contributed by atoms with Crippen LogP contribution in [0.15, 0.2) is 36.4 Å². The number of hydrogen-bond acceptors (Lipinski definition) is 3. The Bertz CT molecular complexity index is 556. The predicted octanol–water partition coefficient (Wildman–Crippen LogP) is 3.62. The van der Waals surface area contributed by atoms with Crippen LogP contribution >= 0.6 is 11.6 Å². The number of halogens is 1. The van der Waals surface area contributed by atoms with E-state index < -0.39 is 0 Å². The molecule has 0 saturated carbocycles. The molecule has 2 aromatic carbocycles. The molecular formula is C16H19ClO3. The summed E-state index contributed by atoms with van der Waals surface area (Å²) in [6.45, 7) is 0.978. The first-order chi connectivity index (χ1) is 9.76. The fraction of sp³-hybridized carbons (Fsp3) is 0.375. The molecule has 0 amide bonds. The smallest absolute Gasteiger partial charge is 0.120 e. The van der Waals surface area contributed by atoms with E-state index in [1.807, 2.05) is 24.3 Å². The Kier molecular flexibility index (Phi) is 5.65. The molecule has 0 spiro atoms. The molecule has 0 radical (unpaired) electrons. The number of ether oxygens (including phenoxy) is 3. The van der Waals surface area contributed by atoms with Gasteiger partial charge in [-0.05, 0) is 34.5 Å². The molecule has 0 aliphatic rings. The van der Waals surface area contributed by atoms with Gasteiger partial charge in [0.25, 0.3) is 0 Å². The van der Waals surface area contributed by atoms with E-state index in [-0.39, 0.29) is 6.10 Å². The average molecular weight is 295 g/mol. The number of alkyl halides is 1. The molecule has 0 saturated heterocycles. The summed E-state index contributed by atoms with van der Waals surface area (Å²) in [5.74, 6) is 1.34. The molecule has 2 aromatic rings. The maximum Gasteiger partial charge on any atom is 0.120 e. The van der Waals surface area contributed by atoms with Gasteiger partial charge in [0.2, 0.25) is 0 Å². The summed E-state index contributed by atoms with van der Waals surface area (Å²) in [4.78, 5) is 0. The number of fused-ring (bicyclic) bond motifs is 1. The summed E-state index contributed by atoms with van der Waals surface area (Å²) < 4.78 is 16.1. The molecule has 0 aliphatic heterocycles. The van der Waals surface area contributed by atoms with Crippen LogP contribution in [0.1, 0.15) is 5.56 Å². The van der Waals surface area contributed by atoms with E-state index in [1.54, 1.807) is 14.2 Å². The van der Waals surface area contributed by atoms with E-state index in [0.29, 0.717) is 19.1 Å². The van der Waals surface area contributed by atoms with Crippen molar-refractivity contribution < 1.29 is 14.2 Å². The lowest BCUT2D eigenvalue weighted by atomic mass is 10.1. The highest BCUT2D eigenvalue weighted by molar-refractivity contribution is 6.17. The van der Waals surface area contributed by atoms with Crippen LogP contribution in [0.3, 0.4) is 0 Å². The lowest BCUT2D eigenvalue weighted by Gasteiger charge is -2.15. The van der Waals surface area contributed by atoms with E-state index in [2.05, 4.69) is 12.1 Å². The first-order valence-electron chi connectivity index (χ1n) is 6.50. The van der Waals surface area contributed by atoms with Crippen molar-refractivity contribution in [1.82, 2.24) is 0 Å². The quantitative estimate of drug-likeness (QED) is 0.730. The van der Waals surface area contributed by atoms with Gasteiger partial charge in [-0.3, -0.25) is 0 Å². The zero-order valence-corrected chi connectivity index (χ0v) is 12.5. The van der Waals surface area contributed by atoms with E-state index >= 15 is 0 Å². The van der Waals surface area contributed by atoms with Crippen molar-refractivity contribution in [2.24, 2.45) is 0 Å². The van der Waals surface area contributed by atoms with Gasteiger partial charge in [-0.25, -0.2) is 0 Å². The van der Waals surface area contributed by atoms with Crippen molar-refractivity contribution in [3.8, 4) is 5.75 Å². The van der Waals surface area contributed by atoms with Crippen LogP contribution in [0.5, 0.6) is 5.75 Å². The van der Waals surface area contributed by atoms with Crippen LogP contribution in [-0.4, -0.2) is 33.5 Å². The molecule has 1 unspecified atom stereocenters. The van der Waals surface area contributed by atoms with E-state index in [1.165, 1.54) is 5.39 Å². The Morgan fingerprint density at radius 2 is 1.80 bits per heavy atom. The van der Waals surface area contributed by atoms with Crippen molar-refractivity contribution in [3.05, 3.63) is 42.0 Å². The highest BCUT2D eigenvalue weighted by Crippen LogP contribution is 2.23. The van der Waals surface area contributed by atoms with Crippen LogP contribution < -0.4 is 4.74 Å². The minimum absolute atomic E-state index is 0.0649. The van der Waals surface area contributed by atoms with Gasteiger partial charge in [0.15, 0.2) is 0 Å². The molecule has 2 rings (SSSR count). The van der Waals surface area contributed by atoms with E-state index in [9.17, 15) is 0 Å². The molecular weight excluding hydrogens is 276 g/mol. The molecule has 4 heteroatoms. The van der Waals surface area contributed by atoms with Gasteiger partial charge in [0, 0.05) is 20.1 Å². The normalized spacial score (nSPS) is 12.6. The molecule has 0 aliphatic carbocycles. The minimum Gasteiger partial charge on any atom is -0.491 e. The van der Waals surface area contributed by atoms with Crippen LogP contribution in [0, 0.1) is 0 Å². The highest BCUT2D eigenvalue weighted by Gasteiger charge is 2.08. The summed E-state index contributed by atoms with van der Waals surface area (Å²) in [6, 6.07) is 12.2. The molecule has 0 N–H and O–H groups in total. The summed E-state index contributed by atoms with van der Waals surface area (Å²) in [5, 5.41) is 2.30. The van der Waals surface area contributed by atoms with Gasteiger partial charge in [0.1, 0.15) is 18.5 Å². The number of hydrogen-bond donors (Lipinski definition) is 0. The zero-order valence-electron chi connectivity index (χ0n) is 11.8. The van der Waals surface area contributed by atoms with Crippen LogP contribution in [0.25, 0.3) is 10.8 Å². The fourth-order valence-electron chi connectivity index (χ4n) is 2.01. The van der Waals surface area contributed by atoms with Crippen molar-refractivity contribution in [2.75, 3.05) is 27.4 Å². The van der Waals surface area contributed by atoms with Gasteiger partial charge in [-0.15, -0.1) is 11.6 Å². The fourth-order valence-corrected chi connectivity index (χ4v) is 2.17. The third kappa shape index (κ3) is 3.85. The third-order valence-electron chi connectivity index (χ3n) is 3.15. The van der Waals surface area contributed by atoms with Gasteiger partial charge in [0.05, 0.1) is 6.61 Å².